The van der Waals surface area contributed by atoms with Gasteiger partial charge in [0.2, 0.25) is 0 Å². The average molecular weight is 688 g/mol. The second-order valence-corrected chi connectivity index (χ2v) is 19.2. The van der Waals surface area contributed by atoms with Crippen LogP contribution in [0.2, 0.25) is 0 Å². The molecule has 53 heavy (non-hydrogen) atoms. The average Bonchev–Trinajstić information content (AvgIpc) is 3.81. The molecule has 12 rings (SSSR count). The fraction of sp³-hybridized carbons (Fsp3) is 0.346. The van der Waals surface area contributed by atoms with E-state index in [9.17, 15) is 0 Å². The van der Waals surface area contributed by atoms with E-state index >= 15 is 0 Å². The monoisotopic (exact) mass is 687 g/mol. The summed E-state index contributed by atoms with van der Waals surface area (Å²) in [5, 5.41) is 2.54. The van der Waals surface area contributed by atoms with Gasteiger partial charge in [-0.25, -0.2) is 0 Å². The van der Waals surface area contributed by atoms with Crippen LogP contribution in [0, 0.1) is 29.1 Å². The van der Waals surface area contributed by atoms with E-state index in [1.165, 1.54) is 99.7 Å². The number of hydrogen-bond acceptors (Lipinski definition) is 1. The zero-order valence-electron chi connectivity index (χ0n) is 31.6. The van der Waals surface area contributed by atoms with Crippen LogP contribution in [-0.4, -0.2) is 0 Å². The molecule has 6 aromatic rings. The quantitative estimate of drug-likeness (QED) is 0.178. The van der Waals surface area contributed by atoms with Crippen LogP contribution in [-0.2, 0) is 16.2 Å². The first-order valence-electron chi connectivity index (χ1n) is 20.5. The van der Waals surface area contributed by atoms with Crippen molar-refractivity contribution in [2.45, 2.75) is 82.5 Å². The van der Waals surface area contributed by atoms with E-state index in [2.05, 4.69) is 160 Å². The molecule has 0 amide bonds. The van der Waals surface area contributed by atoms with Gasteiger partial charge in [0.1, 0.15) is 0 Å². The highest BCUT2D eigenvalue weighted by Gasteiger charge is 2.84. The lowest BCUT2D eigenvalue weighted by molar-refractivity contribution is -0.231. The molecule has 4 saturated carbocycles. The number of fused-ring (bicyclic) bond motifs is 10. The summed E-state index contributed by atoms with van der Waals surface area (Å²) in [6, 6.07) is 49.4. The summed E-state index contributed by atoms with van der Waals surface area (Å²) < 4.78 is 0. The first-order chi connectivity index (χ1) is 25.7. The number of hydrogen-bond donors (Lipinski definition) is 0. The van der Waals surface area contributed by atoms with E-state index in [4.69, 9.17) is 0 Å². The van der Waals surface area contributed by atoms with Crippen molar-refractivity contribution in [3.05, 3.63) is 150 Å². The van der Waals surface area contributed by atoms with Crippen LogP contribution in [0.25, 0.3) is 33.0 Å². The van der Waals surface area contributed by atoms with Gasteiger partial charge in [0, 0.05) is 22.2 Å². The van der Waals surface area contributed by atoms with E-state index in [0.29, 0.717) is 5.41 Å². The predicted octanol–water partition coefficient (Wildman–Crippen LogP) is 13.7. The molecule has 262 valence electrons. The predicted molar refractivity (Wildman–Crippen MR) is 220 cm³/mol. The molecule has 0 aliphatic heterocycles. The van der Waals surface area contributed by atoms with Crippen LogP contribution in [0.4, 0.5) is 17.1 Å². The molecule has 0 N–H and O–H groups in total. The second-order valence-electron chi connectivity index (χ2n) is 19.2. The molecular formula is C52H49N. The van der Waals surface area contributed by atoms with Gasteiger partial charge in [0.15, 0.2) is 0 Å². The Kier molecular flexibility index (Phi) is 5.88. The lowest BCUT2D eigenvalue weighted by Crippen LogP contribution is -2.73. The van der Waals surface area contributed by atoms with Gasteiger partial charge in [-0.1, -0.05) is 119 Å². The highest BCUT2D eigenvalue weighted by Crippen LogP contribution is 2.89. The molecule has 1 nitrogen and oxygen atoms in total. The number of anilines is 3. The maximum Gasteiger partial charge on any atom is 0.0540 e. The summed E-state index contributed by atoms with van der Waals surface area (Å²) in [5.74, 6) is 3.64. The third-order valence-corrected chi connectivity index (χ3v) is 16.2. The Hall–Kier alpha value is -4.62. The van der Waals surface area contributed by atoms with Crippen molar-refractivity contribution in [2.75, 3.05) is 4.90 Å². The molecule has 4 fully saturated rings. The van der Waals surface area contributed by atoms with Crippen LogP contribution >= 0.6 is 0 Å². The number of rotatable bonds is 4. The Balaban J connectivity index is 0.978. The molecule has 1 heteroatoms. The Labute approximate surface area is 315 Å². The van der Waals surface area contributed by atoms with Crippen molar-refractivity contribution in [1.29, 1.82) is 0 Å². The van der Waals surface area contributed by atoms with Crippen molar-refractivity contribution in [1.82, 2.24) is 0 Å². The van der Waals surface area contributed by atoms with Gasteiger partial charge < -0.3 is 4.90 Å². The van der Waals surface area contributed by atoms with Gasteiger partial charge in [-0.2, -0.15) is 0 Å². The first kappa shape index (κ1) is 30.8. The Bertz CT molecular complexity index is 2510. The highest BCUT2D eigenvalue weighted by molar-refractivity contribution is 5.99. The molecule has 6 atom stereocenters. The lowest BCUT2D eigenvalue weighted by Gasteiger charge is -2.76. The lowest BCUT2D eigenvalue weighted by atomic mass is 9.27. The standard InChI is InChI=1S/C52H49N/c1-49(2)24-25-50(3,4)45-30-38(21-23-43(45)49)53(46-15-9-11-34-10-5-6-12-39(34)46)37-19-16-33(17-20-37)35-18-22-41-40-13-7-8-14-42(40)52(44(41)28-35)47-27-32-26-36-29-48(52)51(36,47)31-32/h5-23,28,30,32,36,47-48H,24-27,29,31H2,1-4H3. The van der Waals surface area contributed by atoms with E-state index in [0.717, 1.165) is 23.7 Å². The van der Waals surface area contributed by atoms with E-state index in [1.54, 1.807) is 11.1 Å². The molecule has 0 aromatic heterocycles. The second kappa shape index (κ2) is 10.1. The van der Waals surface area contributed by atoms with Gasteiger partial charge in [0.25, 0.3) is 0 Å². The van der Waals surface area contributed by atoms with Gasteiger partial charge >= 0.3 is 0 Å². The van der Waals surface area contributed by atoms with Gasteiger partial charge in [-0.15, -0.1) is 0 Å². The molecule has 2 bridgehead atoms. The smallest absolute Gasteiger partial charge is 0.0540 e. The fourth-order valence-electron chi connectivity index (χ4n) is 13.9. The first-order valence-corrected chi connectivity index (χ1v) is 20.5. The minimum Gasteiger partial charge on any atom is -0.310 e. The fourth-order valence-corrected chi connectivity index (χ4v) is 13.9. The van der Waals surface area contributed by atoms with Crippen molar-refractivity contribution < 1.29 is 0 Å². The highest BCUT2D eigenvalue weighted by atomic mass is 15.1. The van der Waals surface area contributed by atoms with E-state index < -0.39 is 0 Å². The largest absolute Gasteiger partial charge is 0.310 e. The van der Waals surface area contributed by atoms with Crippen LogP contribution in [0.1, 0.15) is 88.5 Å². The van der Waals surface area contributed by atoms with Crippen LogP contribution < -0.4 is 4.90 Å². The molecule has 2 spiro atoms. The Morgan fingerprint density at radius 2 is 1.23 bits per heavy atom. The zero-order chi connectivity index (χ0) is 35.5. The normalized spacial score (nSPS) is 29.9. The Morgan fingerprint density at radius 1 is 0.528 bits per heavy atom. The minimum absolute atomic E-state index is 0.137. The zero-order valence-corrected chi connectivity index (χ0v) is 31.6. The topological polar surface area (TPSA) is 3.24 Å². The van der Waals surface area contributed by atoms with Crippen molar-refractivity contribution >= 4 is 27.8 Å². The summed E-state index contributed by atoms with van der Waals surface area (Å²) in [5.41, 5.74) is 16.8. The summed E-state index contributed by atoms with van der Waals surface area (Å²) in [4.78, 5) is 2.51. The van der Waals surface area contributed by atoms with Crippen LogP contribution in [0.5, 0.6) is 0 Å². The molecule has 0 saturated heterocycles. The molecule has 6 aliphatic rings. The minimum atomic E-state index is 0.137. The van der Waals surface area contributed by atoms with E-state index in [-0.39, 0.29) is 16.2 Å². The van der Waals surface area contributed by atoms with Crippen LogP contribution in [0.3, 0.4) is 0 Å². The SMILES string of the molecule is CC1(C)CCC(C)(C)c2cc(N(c3ccc(-c4ccc5c(c4)C4(c6ccccc6-5)C5CC6CC7CC4C75C6)cc3)c3cccc4ccccc34)ccc21. The molecular weight excluding hydrogens is 639 g/mol. The Morgan fingerprint density at radius 3 is 2.08 bits per heavy atom. The molecule has 6 aliphatic carbocycles. The third-order valence-electron chi connectivity index (χ3n) is 16.2. The van der Waals surface area contributed by atoms with Gasteiger partial charge in [-0.05, 0) is 165 Å². The summed E-state index contributed by atoms with van der Waals surface area (Å²) in [7, 11) is 0. The summed E-state index contributed by atoms with van der Waals surface area (Å²) in [6.07, 6.45) is 8.35. The summed E-state index contributed by atoms with van der Waals surface area (Å²) >= 11 is 0. The molecule has 0 radical (unpaired) electrons. The van der Waals surface area contributed by atoms with Crippen molar-refractivity contribution in [2.24, 2.45) is 29.1 Å². The third kappa shape index (κ3) is 3.75. The van der Waals surface area contributed by atoms with Gasteiger partial charge in [-0.3, -0.25) is 0 Å². The van der Waals surface area contributed by atoms with Crippen LogP contribution in [0.15, 0.2) is 127 Å². The maximum atomic E-state index is 2.63. The maximum absolute atomic E-state index is 2.63. The molecule has 6 unspecified atom stereocenters. The van der Waals surface area contributed by atoms with E-state index in [1.807, 2.05) is 0 Å². The number of nitrogens with zero attached hydrogens (tertiary/aromatic N) is 1. The summed E-state index contributed by atoms with van der Waals surface area (Å²) in [6.45, 7) is 9.71. The number of benzene rings is 6. The molecule has 6 aromatic carbocycles. The van der Waals surface area contributed by atoms with Gasteiger partial charge in [0.05, 0.1) is 5.69 Å². The van der Waals surface area contributed by atoms with Crippen molar-refractivity contribution in [3.8, 4) is 22.3 Å². The molecule has 0 heterocycles. The van der Waals surface area contributed by atoms with Crippen molar-refractivity contribution in [3.63, 3.8) is 0 Å².